The molecule has 3 rings (SSSR count). The molecule has 1 aromatic rings. The molecule has 0 unspecified atom stereocenters. The van der Waals surface area contributed by atoms with Crippen LogP contribution in [0.4, 0.5) is 11.4 Å². The lowest BCUT2D eigenvalue weighted by atomic mass is 9.87. The molecule has 0 radical (unpaired) electrons. The van der Waals surface area contributed by atoms with Gasteiger partial charge in [0.15, 0.2) is 0 Å². The molecule has 1 aromatic carbocycles. The summed E-state index contributed by atoms with van der Waals surface area (Å²) in [6.45, 7) is 5.71. The lowest BCUT2D eigenvalue weighted by Crippen LogP contribution is -2.40. The number of anilines is 2. The van der Waals surface area contributed by atoms with Crippen LogP contribution in [0.5, 0.6) is 0 Å². The second-order valence-corrected chi connectivity index (χ2v) is 6.09. The Balaban J connectivity index is 1.97. The number of ether oxygens (including phenoxy) is 1. The zero-order chi connectivity index (χ0) is 13.6. The van der Waals surface area contributed by atoms with Gasteiger partial charge in [0, 0.05) is 29.9 Å². The fourth-order valence-corrected chi connectivity index (χ4v) is 3.05. The van der Waals surface area contributed by atoms with E-state index in [1.807, 2.05) is 23.1 Å². The first-order valence-electron chi connectivity index (χ1n) is 6.82. The topological polar surface area (TPSA) is 55.6 Å². The van der Waals surface area contributed by atoms with E-state index in [1.165, 1.54) is 5.56 Å². The Morgan fingerprint density at radius 1 is 1.47 bits per heavy atom. The molecule has 0 aromatic heterocycles. The van der Waals surface area contributed by atoms with Crippen LogP contribution in [0.25, 0.3) is 0 Å². The molecule has 0 spiro atoms. The van der Waals surface area contributed by atoms with Crippen LogP contribution in [-0.4, -0.2) is 25.2 Å². The third-order valence-electron chi connectivity index (χ3n) is 4.07. The van der Waals surface area contributed by atoms with Crippen LogP contribution in [0, 0.1) is 0 Å². The lowest BCUT2D eigenvalue weighted by molar-refractivity contribution is -0.127. The minimum absolute atomic E-state index is 0.0305. The summed E-state index contributed by atoms with van der Waals surface area (Å²) < 4.78 is 5.52. The molecule has 0 aliphatic carbocycles. The second kappa shape index (κ2) is 4.23. The standard InChI is InChI=1S/C15H20N2O2/c1-15(2)9-17(14(18)13-4-3-7-19-13)12-8-10(16)5-6-11(12)15/h5-6,8,13H,3-4,7,9,16H2,1-2H3/t13-/m0/s1. The van der Waals surface area contributed by atoms with Crippen LogP contribution in [0.1, 0.15) is 32.3 Å². The summed E-state index contributed by atoms with van der Waals surface area (Å²) in [6, 6.07) is 5.84. The molecule has 1 fully saturated rings. The third-order valence-corrected chi connectivity index (χ3v) is 4.07. The fourth-order valence-electron chi connectivity index (χ4n) is 3.05. The van der Waals surface area contributed by atoms with Gasteiger partial charge in [0.25, 0.3) is 5.91 Å². The molecule has 19 heavy (non-hydrogen) atoms. The Hall–Kier alpha value is -1.55. The van der Waals surface area contributed by atoms with Gasteiger partial charge in [-0.3, -0.25) is 4.79 Å². The second-order valence-electron chi connectivity index (χ2n) is 6.09. The number of hydrogen-bond donors (Lipinski definition) is 1. The van der Waals surface area contributed by atoms with Crippen molar-refractivity contribution in [1.82, 2.24) is 0 Å². The van der Waals surface area contributed by atoms with Gasteiger partial charge in [-0.25, -0.2) is 0 Å². The number of carbonyl (C=O) groups excluding carboxylic acids is 1. The van der Waals surface area contributed by atoms with Crippen LogP contribution in [0.3, 0.4) is 0 Å². The van der Waals surface area contributed by atoms with E-state index < -0.39 is 0 Å². The van der Waals surface area contributed by atoms with E-state index in [4.69, 9.17) is 10.5 Å². The van der Waals surface area contributed by atoms with Crippen molar-refractivity contribution in [2.75, 3.05) is 23.8 Å². The Kier molecular flexibility index (Phi) is 2.78. The summed E-state index contributed by atoms with van der Waals surface area (Å²) in [5.74, 6) is 0.0786. The number of benzene rings is 1. The van der Waals surface area contributed by atoms with Crippen molar-refractivity contribution < 1.29 is 9.53 Å². The fraction of sp³-hybridized carbons (Fsp3) is 0.533. The summed E-state index contributed by atoms with van der Waals surface area (Å²) in [7, 11) is 0. The molecule has 1 amide bonds. The van der Waals surface area contributed by atoms with Gasteiger partial charge in [0.2, 0.25) is 0 Å². The quantitative estimate of drug-likeness (QED) is 0.786. The summed E-state index contributed by atoms with van der Waals surface area (Å²) in [4.78, 5) is 14.4. The van der Waals surface area contributed by atoms with Gasteiger partial charge >= 0.3 is 0 Å². The van der Waals surface area contributed by atoms with Gasteiger partial charge in [-0.2, -0.15) is 0 Å². The summed E-state index contributed by atoms with van der Waals surface area (Å²) in [5.41, 5.74) is 8.67. The molecule has 102 valence electrons. The number of nitrogen functional groups attached to an aromatic ring is 1. The van der Waals surface area contributed by atoms with Crippen molar-refractivity contribution in [2.45, 2.75) is 38.2 Å². The van der Waals surface area contributed by atoms with Gasteiger partial charge in [0.1, 0.15) is 6.10 Å². The number of amides is 1. The van der Waals surface area contributed by atoms with Crippen molar-refractivity contribution in [2.24, 2.45) is 0 Å². The minimum Gasteiger partial charge on any atom is -0.399 e. The predicted octanol–water partition coefficient (Wildman–Crippen LogP) is 2.07. The number of fused-ring (bicyclic) bond motifs is 1. The maximum absolute atomic E-state index is 12.6. The molecule has 4 nitrogen and oxygen atoms in total. The number of nitrogens with zero attached hydrogens (tertiary/aromatic N) is 1. The highest BCUT2D eigenvalue weighted by Crippen LogP contribution is 2.42. The van der Waals surface area contributed by atoms with E-state index >= 15 is 0 Å². The van der Waals surface area contributed by atoms with Crippen LogP contribution >= 0.6 is 0 Å². The summed E-state index contributed by atoms with van der Waals surface area (Å²) >= 11 is 0. The Morgan fingerprint density at radius 3 is 2.95 bits per heavy atom. The predicted molar refractivity (Wildman–Crippen MR) is 75.2 cm³/mol. The Morgan fingerprint density at radius 2 is 2.26 bits per heavy atom. The molecule has 2 N–H and O–H groups in total. The van der Waals surface area contributed by atoms with Crippen LogP contribution in [-0.2, 0) is 14.9 Å². The van der Waals surface area contributed by atoms with Crippen molar-refractivity contribution in [1.29, 1.82) is 0 Å². The zero-order valence-corrected chi connectivity index (χ0v) is 11.5. The summed E-state index contributed by atoms with van der Waals surface area (Å²) in [6.07, 6.45) is 1.52. The molecular formula is C15H20N2O2. The van der Waals surface area contributed by atoms with Gasteiger partial charge in [-0.15, -0.1) is 0 Å². The van der Waals surface area contributed by atoms with E-state index in [0.717, 1.165) is 18.5 Å². The number of hydrogen-bond acceptors (Lipinski definition) is 3. The van der Waals surface area contributed by atoms with Crippen molar-refractivity contribution in [3.05, 3.63) is 23.8 Å². The molecule has 1 atom stereocenters. The highest BCUT2D eigenvalue weighted by atomic mass is 16.5. The normalized spacial score (nSPS) is 24.5. The lowest BCUT2D eigenvalue weighted by Gasteiger charge is -2.23. The van der Waals surface area contributed by atoms with Gasteiger partial charge in [0.05, 0.1) is 0 Å². The number of carbonyl (C=O) groups is 1. The summed E-state index contributed by atoms with van der Waals surface area (Å²) in [5, 5.41) is 0. The SMILES string of the molecule is CC1(C)CN(C(=O)[C@@H]2CCCO2)c2cc(N)ccc21. The van der Waals surface area contributed by atoms with E-state index in [1.54, 1.807) is 0 Å². The van der Waals surface area contributed by atoms with Crippen molar-refractivity contribution >= 4 is 17.3 Å². The van der Waals surface area contributed by atoms with E-state index in [2.05, 4.69) is 13.8 Å². The first-order chi connectivity index (χ1) is 8.99. The van der Waals surface area contributed by atoms with E-state index in [9.17, 15) is 4.79 Å². The smallest absolute Gasteiger partial charge is 0.256 e. The molecule has 2 aliphatic heterocycles. The maximum atomic E-state index is 12.6. The van der Waals surface area contributed by atoms with E-state index in [0.29, 0.717) is 18.8 Å². The minimum atomic E-state index is -0.275. The monoisotopic (exact) mass is 260 g/mol. The van der Waals surface area contributed by atoms with Crippen molar-refractivity contribution in [3.63, 3.8) is 0 Å². The maximum Gasteiger partial charge on any atom is 0.256 e. The zero-order valence-electron chi connectivity index (χ0n) is 11.5. The molecule has 1 saturated heterocycles. The first kappa shape index (κ1) is 12.5. The largest absolute Gasteiger partial charge is 0.399 e. The highest BCUT2D eigenvalue weighted by Gasteiger charge is 2.40. The van der Waals surface area contributed by atoms with Gasteiger partial charge in [-0.1, -0.05) is 19.9 Å². The number of rotatable bonds is 1. The molecule has 0 bridgehead atoms. The average Bonchev–Trinajstić information content (AvgIpc) is 2.95. The first-order valence-corrected chi connectivity index (χ1v) is 6.82. The van der Waals surface area contributed by atoms with Gasteiger partial charge < -0.3 is 15.4 Å². The van der Waals surface area contributed by atoms with Crippen molar-refractivity contribution in [3.8, 4) is 0 Å². The van der Waals surface area contributed by atoms with E-state index in [-0.39, 0.29) is 17.4 Å². The Labute approximate surface area is 113 Å². The van der Waals surface area contributed by atoms with Gasteiger partial charge in [-0.05, 0) is 30.5 Å². The molecule has 2 aliphatic rings. The Bertz CT molecular complexity index is 519. The van der Waals surface area contributed by atoms with Crippen LogP contribution in [0.15, 0.2) is 18.2 Å². The third kappa shape index (κ3) is 2.00. The number of nitrogens with two attached hydrogens (primary N) is 1. The average molecular weight is 260 g/mol. The molecule has 0 saturated carbocycles. The molecule has 2 heterocycles. The highest BCUT2D eigenvalue weighted by molar-refractivity contribution is 5.99. The van der Waals surface area contributed by atoms with Crippen LogP contribution in [0.2, 0.25) is 0 Å². The van der Waals surface area contributed by atoms with Crippen LogP contribution < -0.4 is 10.6 Å². The molecular weight excluding hydrogens is 240 g/mol. The molecule has 4 heteroatoms.